The summed E-state index contributed by atoms with van der Waals surface area (Å²) in [5.41, 5.74) is -0.141. The quantitative estimate of drug-likeness (QED) is 0.668. The van der Waals surface area contributed by atoms with E-state index in [2.05, 4.69) is 0 Å². The van der Waals surface area contributed by atoms with Crippen LogP contribution in [0.15, 0.2) is 18.2 Å². The van der Waals surface area contributed by atoms with Gasteiger partial charge in [-0.15, -0.1) is 0 Å². The molecule has 118 valence electrons. The molecule has 6 nitrogen and oxygen atoms in total. The molecule has 1 heterocycles. The molecule has 22 heavy (non-hydrogen) atoms. The number of hydrogen-bond donors (Lipinski definition) is 1. The monoisotopic (exact) mass is 322 g/mol. The number of amides is 1. The van der Waals surface area contributed by atoms with E-state index in [0.29, 0.717) is 11.8 Å². The molecule has 0 radical (unpaired) electrons. The van der Waals surface area contributed by atoms with E-state index in [-0.39, 0.29) is 17.5 Å². The number of nitrogens with zero attached hydrogens (tertiary/aromatic N) is 2. The summed E-state index contributed by atoms with van der Waals surface area (Å²) >= 11 is 1.93. The summed E-state index contributed by atoms with van der Waals surface area (Å²) in [6, 6.07) is 4.09. The van der Waals surface area contributed by atoms with Crippen molar-refractivity contribution in [3.63, 3.8) is 0 Å². The highest BCUT2D eigenvalue weighted by Gasteiger charge is 2.36. The second kappa shape index (κ2) is 6.16. The molecule has 2 fully saturated rings. The van der Waals surface area contributed by atoms with E-state index in [1.54, 1.807) is 0 Å². The van der Waals surface area contributed by atoms with Crippen LogP contribution in [0.25, 0.3) is 0 Å². The third kappa shape index (κ3) is 2.77. The van der Waals surface area contributed by atoms with E-state index >= 15 is 0 Å². The predicted octanol–water partition coefficient (Wildman–Crippen LogP) is 2.80. The van der Waals surface area contributed by atoms with Gasteiger partial charge in [0.15, 0.2) is 5.75 Å². The predicted molar refractivity (Wildman–Crippen MR) is 84.3 cm³/mol. The summed E-state index contributed by atoms with van der Waals surface area (Å²) in [5.74, 6) is 0.333. The van der Waals surface area contributed by atoms with Crippen LogP contribution < -0.4 is 0 Å². The molecular formula is C15H18N2O4S. The van der Waals surface area contributed by atoms with Crippen molar-refractivity contribution in [3.05, 3.63) is 33.9 Å². The second-order valence-corrected chi connectivity index (χ2v) is 7.07. The molecule has 1 amide bonds. The smallest absolute Gasteiger partial charge is 0.311 e. The second-order valence-electron chi connectivity index (χ2n) is 5.72. The van der Waals surface area contributed by atoms with Gasteiger partial charge in [0.2, 0.25) is 0 Å². The summed E-state index contributed by atoms with van der Waals surface area (Å²) in [6.07, 6.45) is 4.47. The Bertz CT molecular complexity index is 605. The number of carbonyl (C=O) groups excluding carboxylic acids is 1. The lowest BCUT2D eigenvalue weighted by Crippen LogP contribution is -2.51. The molecule has 0 aromatic heterocycles. The van der Waals surface area contributed by atoms with Gasteiger partial charge in [-0.05, 0) is 25.0 Å². The van der Waals surface area contributed by atoms with Gasteiger partial charge in [0, 0.05) is 35.2 Å². The molecule has 1 aliphatic heterocycles. The summed E-state index contributed by atoms with van der Waals surface area (Å²) in [6.45, 7) is 0.680. The van der Waals surface area contributed by atoms with Gasteiger partial charge < -0.3 is 10.0 Å². The number of fused-ring (bicyclic) bond motifs is 1. The molecular weight excluding hydrogens is 304 g/mol. The number of rotatable bonds is 2. The molecule has 1 aromatic carbocycles. The van der Waals surface area contributed by atoms with Gasteiger partial charge in [0.05, 0.1) is 4.92 Å². The van der Waals surface area contributed by atoms with E-state index in [1.165, 1.54) is 24.6 Å². The van der Waals surface area contributed by atoms with Gasteiger partial charge in [0.25, 0.3) is 5.91 Å². The summed E-state index contributed by atoms with van der Waals surface area (Å²) < 4.78 is 0. The normalized spacial score (nSPS) is 24.6. The number of phenolic OH excluding ortho intramolecular Hbond substituents is 1. The highest BCUT2D eigenvalue weighted by Crippen LogP contribution is 2.36. The fourth-order valence-corrected chi connectivity index (χ4v) is 4.76. The average molecular weight is 322 g/mol. The van der Waals surface area contributed by atoms with Crippen molar-refractivity contribution in [2.75, 3.05) is 12.3 Å². The maximum atomic E-state index is 12.8. The van der Waals surface area contributed by atoms with E-state index in [0.717, 1.165) is 25.0 Å². The van der Waals surface area contributed by atoms with E-state index in [4.69, 9.17) is 0 Å². The minimum atomic E-state index is -0.665. The van der Waals surface area contributed by atoms with Crippen molar-refractivity contribution in [3.8, 4) is 5.75 Å². The van der Waals surface area contributed by atoms with Crippen LogP contribution in [-0.4, -0.2) is 44.4 Å². The van der Waals surface area contributed by atoms with E-state index in [9.17, 15) is 20.0 Å². The van der Waals surface area contributed by atoms with Crippen LogP contribution >= 0.6 is 11.8 Å². The number of nitro groups is 1. The fourth-order valence-electron chi connectivity index (χ4n) is 3.32. The molecule has 2 atom stereocenters. The Morgan fingerprint density at radius 3 is 2.91 bits per heavy atom. The van der Waals surface area contributed by atoms with Crippen molar-refractivity contribution >= 4 is 23.4 Å². The Hall–Kier alpha value is -1.76. The van der Waals surface area contributed by atoms with Crippen LogP contribution in [0.5, 0.6) is 5.75 Å². The number of benzene rings is 1. The number of thioether (sulfide) groups is 1. The summed E-state index contributed by atoms with van der Waals surface area (Å²) in [5, 5.41) is 20.9. The van der Waals surface area contributed by atoms with Crippen LogP contribution in [0.3, 0.4) is 0 Å². The zero-order valence-electron chi connectivity index (χ0n) is 12.1. The van der Waals surface area contributed by atoms with Gasteiger partial charge in [-0.25, -0.2) is 0 Å². The number of aromatic hydroxyl groups is 1. The highest BCUT2D eigenvalue weighted by molar-refractivity contribution is 8.00. The molecule has 1 aromatic rings. The molecule has 1 saturated carbocycles. The first-order valence-corrected chi connectivity index (χ1v) is 8.53. The summed E-state index contributed by atoms with van der Waals surface area (Å²) in [7, 11) is 0. The van der Waals surface area contributed by atoms with Crippen LogP contribution in [0.4, 0.5) is 5.69 Å². The third-order valence-electron chi connectivity index (χ3n) is 4.41. The van der Waals surface area contributed by atoms with Crippen molar-refractivity contribution < 1.29 is 14.8 Å². The van der Waals surface area contributed by atoms with Crippen LogP contribution in [0.1, 0.15) is 36.0 Å². The Kier molecular flexibility index (Phi) is 4.24. The zero-order chi connectivity index (χ0) is 15.7. The maximum Gasteiger partial charge on any atom is 0.311 e. The van der Waals surface area contributed by atoms with Crippen molar-refractivity contribution in [1.29, 1.82) is 0 Å². The van der Waals surface area contributed by atoms with Gasteiger partial charge in [-0.3, -0.25) is 14.9 Å². The van der Waals surface area contributed by atoms with E-state index in [1.807, 2.05) is 16.7 Å². The minimum Gasteiger partial charge on any atom is -0.502 e. The minimum absolute atomic E-state index is 0.166. The third-order valence-corrected chi connectivity index (χ3v) is 5.81. The Morgan fingerprint density at radius 2 is 2.14 bits per heavy atom. The molecule has 0 bridgehead atoms. The van der Waals surface area contributed by atoms with Gasteiger partial charge >= 0.3 is 5.69 Å². The van der Waals surface area contributed by atoms with Crippen molar-refractivity contribution in [1.82, 2.24) is 4.90 Å². The molecule has 0 spiro atoms. The number of nitro benzene ring substituents is 1. The molecule has 2 unspecified atom stereocenters. The largest absolute Gasteiger partial charge is 0.502 e. The Labute approximate surface area is 132 Å². The highest BCUT2D eigenvalue weighted by atomic mass is 32.2. The number of carbonyl (C=O) groups is 1. The zero-order valence-corrected chi connectivity index (χ0v) is 12.9. The van der Waals surface area contributed by atoms with Crippen molar-refractivity contribution in [2.24, 2.45) is 0 Å². The topological polar surface area (TPSA) is 83.7 Å². The van der Waals surface area contributed by atoms with Gasteiger partial charge in [-0.1, -0.05) is 12.8 Å². The van der Waals surface area contributed by atoms with E-state index < -0.39 is 16.4 Å². The van der Waals surface area contributed by atoms with Crippen LogP contribution in [-0.2, 0) is 0 Å². The molecule has 7 heteroatoms. The van der Waals surface area contributed by atoms with Crippen LogP contribution in [0.2, 0.25) is 0 Å². The Balaban J connectivity index is 1.86. The van der Waals surface area contributed by atoms with Gasteiger partial charge in [-0.2, -0.15) is 11.8 Å². The lowest BCUT2D eigenvalue weighted by Gasteiger charge is -2.43. The first-order valence-electron chi connectivity index (χ1n) is 7.48. The molecule has 1 N–H and O–H groups in total. The SMILES string of the molecule is O=C(c1ccc(O)c([N+](=O)[O-])c1)N1CCSC2CCCCC21. The fraction of sp³-hybridized carbons (Fsp3) is 0.533. The first kappa shape index (κ1) is 15.1. The Morgan fingerprint density at radius 1 is 1.36 bits per heavy atom. The summed E-state index contributed by atoms with van der Waals surface area (Å²) in [4.78, 5) is 24.9. The number of hydrogen-bond acceptors (Lipinski definition) is 5. The maximum absolute atomic E-state index is 12.8. The molecule has 3 rings (SSSR count). The molecule has 1 aliphatic carbocycles. The first-order chi connectivity index (χ1) is 10.6. The van der Waals surface area contributed by atoms with Crippen molar-refractivity contribution in [2.45, 2.75) is 37.0 Å². The molecule has 1 saturated heterocycles. The lowest BCUT2D eigenvalue weighted by molar-refractivity contribution is -0.385. The molecule has 2 aliphatic rings. The number of phenols is 1. The standard InChI is InChI=1S/C15H18N2O4S/c18-13-6-5-10(9-12(13)17(20)21)15(19)16-7-8-22-14-4-2-1-3-11(14)16/h5-6,9,11,14,18H,1-4,7-8H2. The lowest BCUT2D eigenvalue weighted by atomic mass is 9.92. The van der Waals surface area contributed by atoms with Gasteiger partial charge in [0.1, 0.15) is 0 Å². The average Bonchev–Trinajstić information content (AvgIpc) is 2.54. The van der Waals surface area contributed by atoms with Crippen LogP contribution in [0, 0.1) is 10.1 Å².